The van der Waals surface area contributed by atoms with Gasteiger partial charge in [0.05, 0.1) is 17.9 Å². The van der Waals surface area contributed by atoms with Crippen LogP contribution in [0.25, 0.3) is 0 Å². The normalized spacial score (nSPS) is 15.5. The quantitative estimate of drug-likeness (QED) is 0.912. The van der Waals surface area contributed by atoms with Crippen molar-refractivity contribution >= 4 is 28.9 Å². The molecule has 5 nitrogen and oxygen atoms in total. The van der Waals surface area contributed by atoms with Crippen LogP contribution in [0, 0.1) is 6.92 Å². The van der Waals surface area contributed by atoms with Crippen LogP contribution in [0.2, 0.25) is 0 Å². The molecular formula is C19H21N3O2. The Morgan fingerprint density at radius 3 is 2.50 bits per heavy atom. The molecule has 0 aliphatic carbocycles. The smallest absolute Gasteiger partial charge is 0.249 e. The number of amides is 2. The van der Waals surface area contributed by atoms with Crippen LogP contribution in [0.1, 0.15) is 19.4 Å². The van der Waals surface area contributed by atoms with Crippen LogP contribution in [-0.2, 0) is 9.59 Å². The molecule has 24 heavy (non-hydrogen) atoms. The summed E-state index contributed by atoms with van der Waals surface area (Å²) in [5.41, 5.74) is 2.65. The third-order valence-electron chi connectivity index (χ3n) is 4.31. The fourth-order valence-electron chi connectivity index (χ4n) is 2.78. The van der Waals surface area contributed by atoms with E-state index >= 15 is 0 Å². The number of aryl methyl sites for hydroxylation is 1. The summed E-state index contributed by atoms with van der Waals surface area (Å²) in [6.45, 7) is 5.73. The van der Waals surface area contributed by atoms with Crippen molar-refractivity contribution in [2.24, 2.45) is 0 Å². The van der Waals surface area contributed by atoms with Crippen molar-refractivity contribution in [1.82, 2.24) is 0 Å². The van der Waals surface area contributed by atoms with Gasteiger partial charge in [-0.05, 0) is 45.0 Å². The largest absolute Gasteiger partial charge is 0.346 e. The Balaban J connectivity index is 1.83. The summed E-state index contributed by atoms with van der Waals surface area (Å²) in [6, 6.07) is 15.2. The molecule has 0 atom stereocenters. The Morgan fingerprint density at radius 2 is 1.79 bits per heavy atom. The first-order valence-electron chi connectivity index (χ1n) is 7.92. The zero-order valence-corrected chi connectivity index (χ0v) is 14.1. The van der Waals surface area contributed by atoms with E-state index in [4.69, 9.17) is 0 Å². The number of carbonyl (C=O) groups is 2. The van der Waals surface area contributed by atoms with E-state index in [1.165, 1.54) is 0 Å². The summed E-state index contributed by atoms with van der Waals surface area (Å²) < 4.78 is 0. The van der Waals surface area contributed by atoms with Crippen molar-refractivity contribution < 1.29 is 9.59 Å². The minimum absolute atomic E-state index is 0.102. The van der Waals surface area contributed by atoms with E-state index in [1.54, 1.807) is 0 Å². The average molecular weight is 323 g/mol. The Morgan fingerprint density at radius 1 is 1.12 bits per heavy atom. The van der Waals surface area contributed by atoms with Crippen LogP contribution in [0.15, 0.2) is 48.5 Å². The first kappa shape index (κ1) is 16.1. The Labute approximate surface area is 141 Å². The third kappa shape index (κ3) is 2.97. The maximum Gasteiger partial charge on any atom is 0.249 e. The van der Waals surface area contributed by atoms with E-state index < -0.39 is 5.54 Å². The molecule has 1 aliphatic heterocycles. The summed E-state index contributed by atoms with van der Waals surface area (Å²) >= 11 is 0. The number of nitrogens with one attached hydrogen (secondary N) is 2. The van der Waals surface area contributed by atoms with E-state index in [0.717, 1.165) is 22.6 Å². The highest BCUT2D eigenvalue weighted by Crippen LogP contribution is 2.36. The molecule has 124 valence electrons. The molecule has 1 aliphatic rings. The Kier molecular flexibility index (Phi) is 4.01. The van der Waals surface area contributed by atoms with E-state index in [1.807, 2.05) is 74.2 Å². The van der Waals surface area contributed by atoms with Gasteiger partial charge in [0.25, 0.3) is 0 Å². The van der Waals surface area contributed by atoms with Gasteiger partial charge in [-0.1, -0.05) is 29.8 Å². The number of hydrogen-bond donors (Lipinski definition) is 2. The highest BCUT2D eigenvalue weighted by Gasteiger charge is 2.40. The number of benzene rings is 2. The molecule has 1 heterocycles. The molecule has 2 amide bonds. The van der Waals surface area contributed by atoms with Gasteiger partial charge < -0.3 is 15.5 Å². The number of anilines is 3. The monoisotopic (exact) mass is 323 g/mol. The molecule has 0 spiro atoms. The minimum atomic E-state index is -0.807. The molecule has 0 bridgehead atoms. The second-order valence-corrected chi connectivity index (χ2v) is 6.53. The van der Waals surface area contributed by atoms with E-state index in [9.17, 15) is 9.59 Å². The van der Waals surface area contributed by atoms with Gasteiger partial charge in [0.1, 0.15) is 5.54 Å². The van der Waals surface area contributed by atoms with Crippen LogP contribution in [-0.4, -0.2) is 23.9 Å². The number of fused-ring (bicyclic) bond motifs is 1. The highest BCUT2D eigenvalue weighted by molar-refractivity contribution is 6.08. The lowest BCUT2D eigenvalue weighted by atomic mass is 9.96. The number of carbonyl (C=O) groups excluding carboxylic acids is 2. The van der Waals surface area contributed by atoms with Gasteiger partial charge in [0.2, 0.25) is 11.8 Å². The van der Waals surface area contributed by atoms with Gasteiger partial charge >= 0.3 is 0 Å². The Hall–Kier alpha value is -2.82. The SMILES string of the molecule is Cc1ccc(NC(=O)CN2c3ccccc3NC(=O)C2(C)C)cc1. The van der Waals surface area contributed by atoms with E-state index in [-0.39, 0.29) is 18.4 Å². The first-order valence-corrected chi connectivity index (χ1v) is 7.92. The van der Waals surface area contributed by atoms with E-state index in [2.05, 4.69) is 10.6 Å². The average Bonchev–Trinajstić information content (AvgIpc) is 2.54. The van der Waals surface area contributed by atoms with Crippen LogP contribution in [0.4, 0.5) is 17.1 Å². The molecule has 2 N–H and O–H groups in total. The lowest BCUT2D eigenvalue weighted by Gasteiger charge is -2.43. The summed E-state index contributed by atoms with van der Waals surface area (Å²) in [4.78, 5) is 26.7. The summed E-state index contributed by atoms with van der Waals surface area (Å²) in [6.07, 6.45) is 0. The summed E-state index contributed by atoms with van der Waals surface area (Å²) in [7, 11) is 0. The van der Waals surface area contributed by atoms with Crippen LogP contribution < -0.4 is 15.5 Å². The number of rotatable bonds is 3. The molecule has 2 aromatic carbocycles. The van der Waals surface area contributed by atoms with Crippen molar-refractivity contribution in [2.75, 3.05) is 22.1 Å². The molecule has 0 saturated carbocycles. The zero-order chi connectivity index (χ0) is 17.3. The highest BCUT2D eigenvalue weighted by atomic mass is 16.2. The maximum atomic E-state index is 12.5. The van der Waals surface area contributed by atoms with Crippen molar-refractivity contribution in [3.8, 4) is 0 Å². The van der Waals surface area contributed by atoms with E-state index in [0.29, 0.717) is 0 Å². The fraction of sp³-hybridized carbons (Fsp3) is 0.263. The number of hydrogen-bond acceptors (Lipinski definition) is 3. The second kappa shape index (κ2) is 6.00. The maximum absolute atomic E-state index is 12.5. The number of para-hydroxylation sites is 2. The predicted molar refractivity (Wildman–Crippen MR) is 96.3 cm³/mol. The van der Waals surface area contributed by atoms with Gasteiger partial charge in [-0.3, -0.25) is 9.59 Å². The lowest BCUT2D eigenvalue weighted by molar-refractivity contribution is -0.120. The molecule has 0 radical (unpaired) electrons. The first-order chi connectivity index (χ1) is 11.4. The molecule has 0 fully saturated rings. The molecule has 0 saturated heterocycles. The second-order valence-electron chi connectivity index (χ2n) is 6.53. The fourth-order valence-corrected chi connectivity index (χ4v) is 2.78. The number of nitrogens with zero attached hydrogens (tertiary/aromatic N) is 1. The van der Waals surface area contributed by atoms with Gasteiger partial charge in [-0.2, -0.15) is 0 Å². The topological polar surface area (TPSA) is 61.4 Å². The molecule has 3 rings (SSSR count). The molecule has 0 unspecified atom stereocenters. The van der Waals surface area contributed by atoms with Gasteiger partial charge in [0, 0.05) is 5.69 Å². The molecule has 0 aromatic heterocycles. The van der Waals surface area contributed by atoms with Gasteiger partial charge in [-0.25, -0.2) is 0 Å². The molecule has 5 heteroatoms. The van der Waals surface area contributed by atoms with Gasteiger partial charge in [0.15, 0.2) is 0 Å². The minimum Gasteiger partial charge on any atom is -0.346 e. The molecule has 2 aromatic rings. The van der Waals surface area contributed by atoms with Crippen LogP contribution >= 0.6 is 0 Å². The third-order valence-corrected chi connectivity index (χ3v) is 4.31. The van der Waals surface area contributed by atoms with Crippen LogP contribution in [0.3, 0.4) is 0 Å². The summed E-state index contributed by atoms with van der Waals surface area (Å²) in [5, 5.41) is 5.78. The van der Waals surface area contributed by atoms with Crippen molar-refractivity contribution in [3.63, 3.8) is 0 Å². The van der Waals surface area contributed by atoms with Crippen molar-refractivity contribution in [1.29, 1.82) is 0 Å². The van der Waals surface area contributed by atoms with Crippen molar-refractivity contribution in [3.05, 3.63) is 54.1 Å². The lowest BCUT2D eigenvalue weighted by Crippen LogP contribution is -2.58. The van der Waals surface area contributed by atoms with Crippen molar-refractivity contribution in [2.45, 2.75) is 26.3 Å². The van der Waals surface area contributed by atoms with Gasteiger partial charge in [-0.15, -0.1) is 0 Å². The Bertz CT molecular complexity index is 781. The zero-order valence-electron chi connectivity index (χ0n) is 14.1. The summed E-state index contributed by atoms with van der Waals surface area (Å²) in [5.74, 6) is -0.277. The molecular weight excluding hydrogens is 302 g/mol. The predicted octanol–water partition coefficient (Wildman–Crippen LogP) is 3.17. The standard InChI is InChI=1S/C19H21N3O2/c1-13-8-10-14(11-9-13)20-17(23)12-22-16-7-5-4-6-15(16)21-18(24)19(22,2)3/h4-11H,12H2,1-3H3,(H,20,23)(H,21,24). The van der Waals surface area contributed by atoms with Crippen LogP contribution in [0.5, 0.6) is 0 Å².